The first-order valence-corrected chi connectivity index (χ1v) is 7.40. The van der Waals surface area contributed by atoms with Crippen LogP contribution >= 0.6 is 15.9 Å². The lowest BCUT2D eigenvalue weighted by molar-refractivity contribution is 0.202. The van der Waals surface area contributed by atoms with Crippen molar-refractivity contribution in [3.63, 3.8) is 0 Å². The molecule has 4 heteroatoms. The summed E-state index contributed by atoms with van der Waals surface area (Å²) in [7, 11) is 0. The minimum absolute atomic E-state index is 0.123. The van der Waals surface area contributed by atoms with Gasteiger partial charge in [0.05, 0.1) is 5.69 Å². The van der Waals surface area contributed by atoms with Crippen LogP contribution in [-0.4, -0.2) is 36.6 Å². The van der Waals surface area contributed by atoms with Gasteiger partial charge < -0.3 is 4.90 Å². The van der Waals surface area contributed by atoms with Crippen LogP contribution in [0, 0.1) is 5.82 Å². The third kappa shape index (κ3) is 2.16. The zero-order valence-corrected chi connectivity index (χ0v) is 12.2. The Balaban J connectivity index is 1.86. The van der Waals surface area contributed by atoms with E-state index in [0.29, 0.717) is 12.1 Å². The van der Waals surface area contributed by atoms with Gasteiger partial charge in [0.2, 0.25) is 0 Å². The van der Waals surface area contributed by atoms with Crippen molar-refractivity contribution in [3.05, 3.63) is 28.5 Å². The Bertz CT molecular complexity index is 451. The molecule has 2 aliphatic rings. The van der Waals surface area contributed by atoms with Crippen molar-refractivity contribution in [2.45, 2.75) is 31.8 Å². The van der Waals surface area contributed by atoms with Crippen LogP contribution in [0.4, 0.5) is 10.1 Å². The minimum Gasteiger partial charge on any atom is -0.364 e. The summed E-state index contributed by atoms with van der Waals surface area (Å²) >= 11 is 3.31. The highest BCUT2D eigenvalue weighted by molar-refractivity contribution is 9.10. The highest BCUT2D eigenvalue weighted by Crippen LogP contribution is 2.31. The number of halogens is 2. The van der Waals surface area contributed by atoms with Crippen LogP contribution in [0.15, 0.2) is 22.7 Å². The van der Waals surface area contributed by atoms with Crippen molar-refractivity contribution >= 4 is 21.6 Å². The van der Waals surface area contributed by atoms with Crippen LogP contribution in [0.2, 0.25) is 0 Å². The standard InChI is InChI=1S/C14H18BrFN2/c1-10-8-17-6-2-3-12(17)9-18(10)14-5-4-11(15)7-13(14)16/h4-5,7,10,12H,2-3,6,8-9H2,1H3. The lowest BCUT2D eigenvalue weighted by Crippen LogP contribution is -2.55. The van der Waals surface area contributed by atoms with E-state index in [9.17, 15) is 4.39 Å². The molecule has 98 valence electrons. The summed E-state index contributed by atoms with van der Waals surface area (Å²) in [4.78, 5) is 4.78. The van der Waals surface area contributed by atoms with Crippen LogP contribution < -0.4 is 4.90 Å². The van der Waals surface area contributed by atoms with Crippen molar-refractivity contribution in [2.75, 3.05) is 24.5 Å². The van der Waals surface area contributed by atoms with E-state index >= 15 is 0 Å². The number of hydrogen-bond acceptors (Lipinski definition) is 2. The average molecular weight is 313 g/mol. The second-order valence-electron chi connectivity index (χ2n) is 5.39. The molecule has 0 bridgehead atoms. The molecule has 2 unspecified atom stereocenters. The number of hydrogen-bond donors (Lipinski definition) is 0. The summed E-state index contributed by atoms with van der Waals surface area (Å²) in [5, 5.41) is 0. The smallest absolute Gasteiger partial charge is 0.147 e. The fourth-order valence-electron chi connectivity index (χ4n) is 3.24. The third-order valence-corrected chi connectivity index (χ3v) is 4.65. The van der Waals surface area contributed by atoms with Gasteiger partial charge in [0.25, 0.3) is 0 Å². The van der Waals surface area contributed by atoms with Gasteiger partial charge >= 0.3 is 0 Å². The van der Waals surface area contributed by atoms with Gasteiger partial charge in [-0.25, -0.2) is 4.39 Å². The molecule has 0 aliphatic carbocycles. The van der Waals surface area contributed by atoms with E-state index in [2.05, 4.69) is 32.7 Å². The predicted octanol–water partition coefficient (Wildman–Crippen LogP) is 3.26. The van der Waals surface area contributed by atoms with Gasteiger partial charge in [-0.15, -0.1) is 0 Å². The fourth-order valence-corrected chi connectivity index (χ4v) is 3.57. The van der Waals surface area contributed by atoms with E-state index in [1.54, 1.807) is 6.07 Å². The number of benzene rings is 1. The third-order valence-electron chi connectivity index (χ3n) is 4.16. The lowest BCUT2D eigenvalue weighted by atomic mass is 10.1. The highest BCUT2D eigenvalue weighted by atomic mass is 79.9. The van der Waals surface area contributed by atoms with Gasteiger partial charge in [-0.1, -0.05) is 15.9 Å². The number of piperazine rings is 1. The molecule has 2 fully saturated rings. The second-order valence-corrected chi connectivity index (χ2v) is 6.30. The molecule has 18 heavy (non-hydrogen) atoms. The first-order valence-electron chi connectivity index (χ1n) is 6.61. The molecule has 0 radical (unpaired) electrons. The molecule has 0 spiro atoms. The van der Waals surface area contributed by atoms with Crippen molar-refractivity contribution in [1.82, 2.24) is 4.90 Å². The molecular formula is C14H18BrFN2. The molecule has 2 nitrogen and oxygen atoms in total. The van der Waals surface area contributed by atoms with Crippen LogP contribution in [0.25, 0.3) is 0 Å². The summed E-state index contributed by atoms with van der Waals surface area (Å²) in [6.07, 6.45) is 2.54. The maximum Gasteiger partial charge on any atom is 0.147 e. The number of rotatable bonds is 1. The molecule has 1 aromatic carbocycles. The predicted molar refractivity (Wildman–Crippen MR) is 75.5 cm³/mol. The Kier molecular flexibility index (Phi) is 3.32. The van der Waals surface area contributed by atoms with Crippen LogP contribution in [0.1, 0.15) is 19.8 Å². The summed E-state index contributed by atoms with van der Waals surface area (Å²) < 4.78 is 14.9. The van der Waals surface area contributed by atoms with Gasteiger partial charge in [-0.3, -0.25) is 4.90 Å². The van der Waals surface area contributed by atoms with E-state index in [1.807, 2.05) is 12.1 Å². The SMILES string of the molecule is CC1CN2CCCC2CN1c1ccc(Br)cc1F. The van der Waals surface area contributed by atoms with Crippen molar-refractivity contribution in [3.8, 4) is 0 Å². The Morgan fingerprint density at radius 3 is 2.94 bits per heavy atom. The molecule has 2 atom stereocenters. The van der Waals surface area contributed by atoms with E-state index in [0.717, 1.165) is 23.2 Å². The molecule has 0 amide bonds. The molecule has 3 rings (SSSR count). The van der Waals surface area contributed by atoms with Crippen LogP contribution in [-0.2, 0) is 0 Å². The molecule has 0 aromatic heterocycles. The molecular weight excluding hydrogens is 295 g/mol. The van der Waals surface area contributed by atoms with Crippen molar-refractivity contribution in [2.24, 2.45) is 0 Å². The number of nitrogens with zero attached hydrogens (tertiary/aromatic N) is 2. The van der Waals surface area contributed by atoms with E-state index < -0.39 is 0 Å². The minimum atomic E-state index is -0.123. The molecule has 1 aromatic rings. The monoisotopic (exact) mass is 312 g/mol. The van der Waals surface area contributed by atoms with Crippen molar-refractivity contribution in [1.29, 1.82) is 0 Å². The Labute approximate surface area is 116 Å². The largest absolute Gasteiger partial charge is 0.364 e. The van der Waals surface area contributed by atoms with E-state index in [1.165, 1.54) is 19.4 Å². The maximum absolute atomic E-state index is 14.1. The molecule has 0 saturated carbocycles. The Hall–Kier alpha value is -0.610. The van der Waals surface area contributed by atoms with Crippen LogP contribution in [0.3, 0.4) is 0 Å². The summed E-state index contributed by atoms with van der Waals surface area (Å²) in [5.74, 6) is -0.123. The maximum atomic E-state index is 14.1. The highest BCUT2D eigenvalue weighted by Gasteiger charge is 2.35. The Morgan fingerprint density at radius 1 is 1.33 bits per heavy atom. The Morgan fingerprint density at radius 2 is 2.17 bits per heavy atom. The van der Waals surface area contributed by atoms with Gasteiger partial charge in [0, 0.05) is 29.6 Å². The second kappa shape index (κ2) is 4.82. The van der Waals surface area contributed by atoms with Gasteiger partial charge in [-0.05, 0) is 44.5 Å². The van der Waals surface area contributed by atoms with E-state index in [-0.39, 0.29) is 5.82 Å². The fraction of sp³-hybridized carbons (Fsp3) is 0.571. The summed E-state index contributed by atoms with van der Waals surface area (Å²) in [5.41, 5.74) is 0.747. The first-order chi connectivity index (χ1) is 8.65. The quantitative estimate of drug-likeness (QED) is 0.785. The number of anilines is 1. The number of fused-ring (bicyclic) bond motifs is 1. The molecule has 0 N–H and O–H groups in total. The van der Waals surface area contributed by atoms with Crippen LogP contribution in [0.5, 0.6) is 0 Å². The zero-order valence-electron chi connectivity index (χ0n) is 10.6. The van der Waals surface area contributed by atoms with Gasteiger partial charge in [0.15, 0.2) is 0 Å². The van der Waals surface area contributed by atoms with Gasteiger partial charge in [-0.2, -0.15) is 0 Å². The lowest BCUT2D eigenvalue weighted by Gasteiger charge is -2.43. The van der Waals surface area contributed by atoms with E-state index in [4.69, 9.17) is 0 Å². The first kappa shape index (κ1) is 12.4. The average Bonchev–Trinajstić information content (AvgIpc) is 2.75. The van der Waals surface area contributed by atoms with Crippen molar-refractivity contribution < 1.29 is 4.39 Å². The normalized spacial score (nSPS) is 28.5. The molecule has 2 heterocycles. The summed E-state index contributed by atoms with van der Waals surface area (Å²) in [6.45, 7) is 5.42. The molecule has 2 saturated heterocycles. The summed E-state index contributed by atoms with van der Waals surface area (Å²) in [6, 6.07) is 6.37. The molecule has 2 aliphatic heterocycles. The zero-order chi connectivity index (χ0) is 12.7. The topological polar surface area (TPSA) is 6.48 Å². The van der Waals surface area contributed by atoms with Gasteiger partial charge in [0.1, 0.15) is 5.82 Å².